The Labute approximate surface area is 166 Å². The van der Waals surface area contributed by atoms with Gasteiger partial charge in [0.2, 0.25) is 5.91 Å². The van der Waals surface area contributed by atoms with E-state index < -0.39 is 17.4 Å². The van der Waals surface area contributed by atoms with E-state index in [1.165, 1.54) is 36.7 Å². The van der Waals surface area contributed by atoms with Gasteiger partial charge in [-0.2, -0.15) is 5.10 Å². The van der Waals surface area contributed by atoms with E-state index in [4.69, 9.17) is 0 Å². The summed E-state index contributed by atoms with van der Waals surface area (Å²) in [5.41, 5.74) is 1.09. The molecule has 8 nitrogen and oxygen atoms in total. The van der Waals surface area contributed by atoms with E-state index >= 15 is 0 Å². The summed E-state index contributed by atoms with van der Waals surface area (Å²) in [5, 5.41) is 9.43. The van der Waals surface area contributed by atoms with Gasteiger partial charge in [-0.05, 0) is 30.7 Å². The molecule has 0 spiro atoms. The van der Waals surface area contributed by atoms with E-state index in [2.05, 4.69) is 15.7 Å². The lowest BCUT2D eigenvalue weighted by atomic mass is 10.2. The van der Waals surface area contributed by atoms with Crippen molar-refractivity contribution in [3.63, 3.8) is 0 Å². The van der Waals surface area contributed by atoms with Crippen LogP contribution >= 0.6 is 0 Å². The number of hydrogen-bond acceptors (Lipinski definition) is 4. The van der Waals surface area contributed by atoms with Crippen molar-refractivity contribution in [1.82, 2.24) is 19.7 Å². The van der Waals surface area contributed by atoms with Gasteiger partial charge in [0.1, 0.15) is 12.4 Å². The van der Waals surface area contributed by atoms with Gasteiger partial charge in [0.15, 0.2) is 0 Å². The molecule has 0 aliphatic carbocycles. The van der Waals surface area contributed by atoms with Crippen molar-refractivity contribution in [3.8, 4) is 0 Å². The molecule has 1 aromatic carbocycles. The predicted octanol–water partition coefficient (Wildman–Crippen LogP) is 1.77. The fourth-order valence-electron chi connectivity index (χ4n) is 2.61. The van der Waals surface area contributed by atoms with Crippen LogP contribution in [0.4, 0.5) is 10.1 Å². The van der Waals surface area contributed by atoms with Gasteiger partial charge < -0.3 is 15.2 Å². The normalized spacial score (nSPS) is 10.6. The van der Waals surface area contributed by atoms with Gasteiger partial charge in [-0.15, -0.1) is 0 Å². The van der Waals surface area contributed by atoms with E-state index in [0.717, 1.165) is 10.1 Å². The lowest BCUT2D eigenvalue weighted by Crippen LogP contribution is -2.32. The second-order valence-electron chi connectivity index (χ2n) is 6.33. The number of aromatic nitrogens is 3. The van der Waals surface area contributed by atoms with E-state index in [9.17, 15) is 18.8 Å². The first-order valence-electron chi connectivity index (χ1n) is 9.00. The molecule has 0 saturated heterocycles. The average molecular weight is 397 g/mol. The maximum Gasteiger partial charge on any atom is 0.257 e. The fourth-order valence-corrected chi connectivity index (χ4v) is 2.61. The molecule has 2 heterocycles. The molecule has 0 unspecified atom stereocenters. The number of halogens is 1. The summed E-state index contributed by atoms with van der Waals surface area (Å²) >= 11 is 0. The van der Waals surface area contributed by atoms with Crippen molar-refractivity contribution in [2.75, 3.05) is 5.32 Å². The number of aryl methyl sites for hydroxylation is 1. The summed E-state index contributed by atoms with van der Waals surface area (Å²) < 4.78 is 15.7. The molecule has 3 rings (SSSR count). The monoisotopic (exact) mass is 397 g/mol. The van der Waals surface area contributed by atoms with Crippen LogP contribution in [0, 0.1) is 5.82 Å². The van der Waals surface area contributed by atoms with E-state index in [0.29, 0.717) is 12.2 Å². The molecule has 0 aliphatic rings. The number of anilines is 1. The molecule has 0 atom stereocenters. The van der Waals surface area contributed by atoms with Gasteiger partial charge in [0, 0.05) is 31.5 Å². The van der Waals surface area contributed by atoms with Crippen molar-refractivity contribution in [2.45, 2.75) is 26.6 Å². The number of pyridine rings is 1. The van der Waals surface area contributed by atoms with Crippen molar-refractivity contribution in [3.05, 3.63) is 82.3 Å². The highest BCUT2D eigenvalue weighted by molar-refractivity contribution is 6.03. The highest BCUT2D eigenvalue weighted by Gasteiger charge is 2.11. The Morgan fingerprint density at radius 3 is 2.55 bits per heavy atom. The summed E-state index contributed by atoms with van der Waals surface area (Å²) in [6.45, 7) is 2.56. The summed E-state index contributed by atoms with van der Waals surface area (Å²) in [7, 11) is 0. The van der Waals surface area contributed by atoms with Gasteiger partial charge in [0.25, 0.3) is 11.5 Å². The zero-order valence-electron chi connectivity index (χ0n) is 15.8. The molecule has 29 heavy (non-hydrogen) atoms. The second-order valence-corrected chi connectivity index (χ2v) is 6.33. The number of nitrogens with zero attached hydrogens (tertiary/aromatic N) is 3. The van der Waals surface area contributed by atoms with Crippen molar-refractivity contribution < 1.29 is 14.0 Å². The number of hydrogen-bond donors (Lipinski definition) is 2. The molecule has 3 aromatic rings. The van der Waals surface area contributed by atoms with Crippen LogP contribution in [0.2, 0.25) is 0 Å². The minimum absolute atomic E-state index is 0.204. The third-order valence-electron chi connectivity index (χ3n) is 4.18. The molecule has 9 heteroatoms. The zero-order chi connectivity index (χ0) is 20.8. The van der Waals surface area contributed by atoms with E-state index in [-0.39, 0.29) is 24.5 Å². The summed E-state index contributed by atoms with van der Waals surface area (Å²) in [6.07, 6.45) is 4.55. The summed E-state index contributed by atoms with van der Waals surface area (Å²) in [6, 6.07) is 8.36. The standard InChI is InChI=1S/C20H20FN5O3/c1-2-26-12-17(10-23-26)24-20(29)15-5-8-19(28)25(11-15)13-18(27)22-9-14-3-6-16(21)7-4-14/h3-8,10-12H,2,9,13H2,1H3,(H,22,27)(H,24,29). The van der Waals surface area contributed by atoms with Gasteiger partial charge in [-0.1, -0.05) is 12.1 Å². The Morgan fingerprint density at radius 1 is 1.10 bits per heavy atom. The SMILES string of the molecule is CCn1cc(NC(=O)c2ccc(=O)n(CC(=O)NCc3ccc(F)cc3)c2)cn1. The van der Waals surface area contributed by atoms with Crippen LogP contribution in [0.15, 0.2) is 59.8 Å². The smallest absolute Gasteiger partial charge is 0.257 e. The van der Waals surface area contributed by atoms with Crippen LogP contribution in [0.5, 0.6) is 0 Å². The lowest BCUT2D eigenvalue weighted by Gasteiger charge is -2.09. The average Bonchev–Trinajstić information content (AvgIpc) is 3.16. The predicted molar refractivity (Wildman–Crippen MR) is 105 cm³/mol. The maximum atomic E-state index is 12.9. The highest BCUT2D eigenvalue weighted by Crippen LogP contribution is 2.08. The molecule has 0 bridgehead atoms. The number of amides is 2. The molecule has 0 fully saturated rings. The van der Waals surface area contributed by atoms with Crippen LogP contribution < -0.4 is 16.2 Å². The maximum absolute atomic E-state index is 12.9. The summed E-state index contributed by atoms with van der Waals surface area (Å²) in [5.74, 6) is -1.18. The topological polar surface area (TPSA) is 98.0 Å². The minimum Gasteiger partial charge on any atom is -0.350 e. The number of carbonyl (C=O) groups excluding carboxylic acids is 2. The minimum atomic E-state index is -0.416. The number of carbonyl (C=O) groups is 2. The molecule has 2 N–H and O–H groups in total. The largest absolute Gasteiger partial charge is 0.350 e. The number of benzene rings is 1. The van der Waals surface area contributed by atoms with Gasteiger partial charge in [-0.3, -0.25) is 19.1 Å². The molecule has 2 aromatic heterocycles. The Bertz CT molecular complexity index is 1070. The van der Waals surface area contributed by atoms with E-state index in [1.807, 2.05) is 6.92 Å². The first kappa shape index (κ1) is 20.0. The number of nitrogens with one attached hydrogen (secondary N) is 2. The van der Waals surface area contributed by atoms with Crippen molar-refractivity contribution in [2.24, 2.45) is 0 Å². The third kappa shape index (κ3) is 5.38. The van der Waals surface area contributed by atoms with Crippen LogP contribution in [0.1, 0.15) is 22.8 Å². The molecule has 0 aliphatic heterocycles. The van der Waals surface area contributed by atoms with Gasteiger partial charge in [-0.25, -0.2) is 4.39 Å². The van der Waals surface area contributed by atoms with Gasteiger partial charge in [0.05, 0.1) is 17.4 Å². The Hall–Kier alpha value is -3.75. The first-order valence-corrected chi connectivity index (χ1v) is 9.00. The van der Waals surface area contributed by atoms with Crippen molar-refractivity contribution in [1.29, 1.82) is 0 Å². The van der Waals surface area contributed by atoms with Crippen LogP contribution in [0.3, 0.4) is 0 Å². The fraction of sp³-hybridized carbons (Fsp3) is 0.200. The second kappa shape index (κ2) is 8.96. The Balaban J connectivity index is 1.63. The molecular formula is C20H20FN5O3. The molecular weight excluding hydrogens is 377 g/mol. The van der Waals surface area contributed by atoms with Crippen LogP contribution in [0.25, 0.3) is 0 Å². The number of rotatable bonds is 7. The molecule has 0 radical (unpaired) electrons. The first-order chi connectivity index (χ1) is 13.9. The quantitative estimate of drug-likeness (QED) is 0.635. The highest BCUT2D eigenvalue weighted by atomic mass is 19.1. The molecule has 2 amide bonds. The summed E-state index contributed by atoms with van der Waals surface area (Å²) in [4.78, 5) is 36.6. The lowest BCUT2D eigenvalue weighted by molar-refractivity contribution is -0.121. The molecule has 0 saturated carbocycles. The Morgan fingerprint density at radius 2 is 1.86 bits per heavy atom. The zero-order valence-corrected chi connectivity index (χ0v) is 15.8. The Kier molecular flexibility index (Phi) is 6.18. The van der Waals surface area contributed by atoms with E-state index in [1.54, 1.807) is 23.0 Å². The third-order valence-corrected chi connectivity index (χ3v) is 4.18. The van der Waals surface area contributed by atoms with Crippen LogP contribution in [-0.2, 0) is 24.4 Å². The van der Waals surface area contributed by atoms with Gasteiger partial charge >= 0.3 is 0 Å². The molecule has 150 valence electrons. The van der Waals surface area contributed by atoms with Crippen LogP contribution in [-0.4, -0.2) is 26.2 Å². The van der Waals surface area contributed by atoms with Crippen molar-refractivity contribution >= 4 is 17.5 Å².